The quantitative estimate of drug-likeness (QED) is 0.754. The van der Waals surface area contributed by atoms with E-state index < -0.39 is 0 Å². The predicted molar refractivity (Wildman–Crippen MR) is 68.2 cm³/mol. The van der Waals surface area contributed by atoms with Crippen LogP contribution in [-0.4, -0.2) is 29.5 Å². The molecule has 2 heterocycles. The summed E-state index contributed by atoms with van der Waals surface area (Å²) in [6.45, 7) is 4.69. The van der Waals surface area contributed by atoms with E-state index in [0.29, 0.717) is 18.5 Å². The summed E-state index contributed by atoms with van der Waals surface area (Å²) in [5, 5.41) is 11.3. The lowest BCUT2D eigenvalue weighted by Crippen LogP contribution is -2.19. The molecule has 1 atom stereocenters. The van der Waals surface area contributed by atoms with Crippen LogP contribution in [0.4, 0.5) is 0 Å². The summed E-state index contributed by atoms with van der Waals surface area (Å²) < 4.78 is 11.3. The van der Waals surface area contributed by atoms with Crippen molar-refractivity contribution in [3.63, 3.8) is 0 Å². The van der Waals surface area contributed by atoms with Gasteiger partial charge in [-0.3, -0.25) is 0 Å². The Kier molecular flexibility index (Phi) is 5.61. The molecule has 102 valence electrons. The van der Waals surface area contributed by atoms with Crippen LogP contribution in [0.25, 0.3) is 0 Å². The van der Waals surface area contributed by atoms with Crippen molar-refractivity contribution in [1.29, 1.82) is 0 Å². The summed E-state index contributed by atoms with van der Waals surface area (Å²) in [5.41, 5.74) is 0. The molecule has 1 fully saturated rings. The summed E-state index contributed by atoms with van der Waals surface area (Å²) in [4.78, 5) is 0. The first-order valence-corrected chi connectivity index (χ1v) is 7.02. The Labute approximate surface area is 108 Å². The van der Waals surface area contributed by atoms with E-state index in [0.717, 1.165) is 38.3 Å². The van der Waals surface area contributed by atoms with Crippen molar-refractivity contribution in [1.82, 2.24) is 15.5 Å². The molecule has 1 aliphatic rings. The van der Waals surface area contributed by atoms with Gasteiger partial charge in [-0.2, -0.15) is 0 Å². The van der Waals surface area contributed by atoms with Crippen molar-refractivity contribution >= 4 is 0 Å². The molecule has 0 bridgehead atoms. The molecule has 1 N–H and O–H groups in total. The molecule has 0 spiro atoms. The Morgan fingerprint density at radius 3 is 2.94 bits per heavy atom. The number of ether oxygens (including phenoxy) is 1. The van der Waals surface area contributed by atoms with E-state index in [4.69, 9.17) is 9.15 Å². The summed E-state index contributed by atoms with van der Waals surface area (Å²) >= 11 is 0. The first kappa shape index (κ1) is 13.5. The lowest BCUT2D eigenvalue weighted by Gasteiger charge is -2.21. The van der Waals surface area contributed by atoms with Gasteiger partial charge in [-0.25, -0.2) is 0 Å². The topological polar surface area (TPSA) is 60.2 Å². The van der Waals surface area contributed by atoms with E-state index >= 15 is 0 Å². The monoisotopic (exact) mass is 253 g/mol. The zero-order valence-corrected chi connectivity index (χ0v) is 11.2. The number of aryl methyl sites for hydroxylation is 1. The maximum atomic E-state index is 5.68. The van der Waals surface area contributed by atoms with Crippen molar-refractivity contribution in [3.8, 4) is 0 Å². The Hall–Kier alpha value is -0.940. The molecule has 1 unspecified atom stereocenters. The fourth-order valence-electron chi connectivity index (χ4n) is 2.15. The molecule has 0 amide bonds. The van der Waals surface area contributed by atoms with Crippen molar-refractivity contribution in [3.05, 3.63) is 11.8 Å². The molecule has 2 rings (SSSR count). The Morgan fingerprint density at radius 2 is 2.17 bits per heavy atom. The zero-order chi connectivity index (χ0) is 12.6. The molecule has 5 nitrogen and oxygen atoms in total. The highest BCUT2D eigenvalue weighted by molar-refractivity contribution is 4.83. The molecule has 1 saturated heterocycles. The third-order valence-corrected chi connectivity index (χ3v) is 3.17. The van der Waals surface area contributed by atoms with E-state index in [1.54, 1.807) is 0 Å². The van der Waals surface area contributed by atoms with Gasteiger partial charge in [0.25, 0.3) is 0 Å². The van der Waals surface area contributed by atoms with Crippen molar-refractivity contribution in [2.75, 3.05) is 13.2 Å². The highest BCUT2D eigenvalue weighted by Gasteiger charge is 2.15. The molecule has 0 radical (unpaired) electrons. The lowest BCUT2D eigenvalue weighted by molar-refractivity contribution is 0.0105. The van der Waals surface area contributed by atoms with Crippen molar-refractivity contribution in [2.24, 2.45) is 0 Å². The van der Waals surface area contributed by atoms with Gasteiger partial charge in [0.05, 0.1) is 12.6 Å². The third kappa shape index (κ3) is 4.38. The Bertz CT molecular complexity index is 335. The van der Waals surface area contributed by atoms with Crippen LogP contribution < -0.4 is 5.32 Å². The van der Waals surface area contributed by atoms with Gasteiger partial charge in [0.1, 0.15) is 0 Å². The Morgan fingerprint density at radius 1 is 1.28 bits per heavy atom. The van der Waals surface area contributed by atoms with Gasteiger partial charge in [-0.05, 0) is 38.6 Å². The number of nitrogens with one attached hydrogen (secondary N) is 1. The fraction of sp³-hybridized carbons (Fsp3) is 0.846. The second-order valence-corrected chi connectivity index (χ2v) is 4.79. The molecule has 1 aromatic heterocycles. The van der Waals surface area contributed by atoms with Gasteiger partial charge < -0.3 is 14.5 Å². The average Bonchev–Trinajstić information content (AvgIpc) is 2.86. The first-order valence-electron chi connectivity index (χ1n) is 7.02. The Balaban J connectivity index is 1.69. The fourth-order valence-corrected chi connectivity index (χ4v) is 2.15. The number of aromatic nitrogens is 2. The zero-order valence-electron chi connectivity index (χ0n) is 11.2. The SMILES string of the molecule is CCCNCc1nnc(CCC2CCCCO2)o1. The highest BCUT2D eigenvalue weighted by atomic mass is 16.5. The maximum Gasteiger partial charge on any atom is 0.230 e. The van der Waals surface area contributed by atoms with E-state index in [1.807, 2.05) is 0 Å². The second-order valence-electron chi connectivity index (χ2n) is 4.79. The third-order valence-electron chi connectivity index (χ3n) is 3.17. The standard InChI is InChI=1S/C13H23N3O2/c1-2-8-14-10-13-16-15-12(18-13)7-6-11-5-3-4-9-17-11/h11,14H,2-10H2,1H3. The molecule has 1 aliphatic heterocycles. The number of rotatable bonds is 7. The first-order chi connectivity index (χ1) is 8.88. The van der Waals surface area contributed by atoms with Crippen LogP contribution in [0.15, 0.2) is 4.42 Å². The molecule has 1 aromatic rings. The van der Waals surface area contributed by atoms with Gasteiger partial charge in [0, 0.05) is 13.0 Å². The minimum Gasteiger partial charge on any atom is -0.424 e. The van der Waals surface area contributed by atoms with Crippen LogP contribution in [0.1, 0.15) is 50.8 Å². The molecule has 5 heteroatoms. The summed E-state index contributed by atoms with van der Waals surface area (Å²) in [6.07, 6.45) is 6.95. The van der Waals surface area contributed by atoms with Crippen LogP contribution >= 0.6 is 0 Å². The minimum atomic E-state index is 0.382. The van der Waals surface area contributed by atoms with E-state index in [2.05, 4.69) is 22.4 Å². The summed E-state index contributed by atoms with van der Waals surface area (Å²) in [6, 6.07) is 0. The van der Waals surface area contributed by atoms with E-state index in [-0.39, 0.29) is 0 Å². The molecular formula is C13H23N3O2. The van der Waals surface area contributed by atoms with Crippen LogP contribution in [0.2, 0.25) is 0 Å². The predicted octanol–water partition coefficient (Wildman–Crippen LogP) is 2.07. The molecule has 18 heavy (non-hydrogen) atoms. The highest BCUT2D eigenvalue weighted by Crippen LogP contribution is 2.17. The number of nitrogens with zero attached hydrogens (tertiary/aromatic N) is 2. The largest absolute Gasteiger partial charge is 0.424 e. The molecule has 0 saturated carbocycles. The average molecular weight is 253 g/mol. The van der Waals surface area contributed by atoms with Gasteiger partial charge in [-0.1, -0.05) is 6.92 Å². The van der Waals surface area contributed by atoms with Crippen molar-refractivity contribution < 1.29 is 9.15 Å². The van der Waals surface area contributed by atoms with E-state index in [1.165, 1.54) is 19.3 Å². The van der Waals surface area contributed by atoms with Gasteiger partial charge in [0.2, 0.25) is 11.8 Å². The normalized spacial score (nSPS) is 20.2. The van der Waals surface area contributed by atoms with Gasteiger partial charge in [0.15, 0.2) is 0 Å². The second kappa shape index (κ2) is 7.48. The summed E-state index contributed by atoms with van der Waals surface area (Å²) in [7, 11) is 0. The lowest BCUT2D eigenvalue weighted by atomic mass is 10.0. The maximum absolute atomic E-state index is 5.68. The van der Waals surface area contributed by atoms with E-state index in [9.17, 15) is 0 Å². The minimum absolute atomic E-state index is 0.382. The van der Waals surface area contributed by atoms with Crippen molar-refractivity contribution in [2.45, 2.75) is 58.1 Å². The molecule has 0 aliphatic carbocycles. The number of hydrogen-bond donors (Lipinski definition) is 1. The number of hydrogen-bond acceptors (Lipinski definition) is 5. The van der Waals surface area contributed by atoms with Gasteiger partial charge >= 0.3 is 0 Å². The molecular weight excluding hydrogens is 230 g/mol. The smallest absolute Gasteiger partial charge is 0.230 e. The van der Waals surface area contributed by atoms with Gasteiger partial charge in [-0.15, -0.1) is 10.2 Å². The van der Waals surface area contributed by atoms with Crippen LogP contribution in [0.5, 0.6) is 0 Å². The molecule has 0 aromatic carbocycles. The van der Waals surface area contributed by atoms with Crippen LogP contribution in [-0.2, 0) is 17.7 Å². The van der Waals surface area contributed by atoms with Crippen LogP contribution in [0, 0.1) is 0 Å². The summed E-state index contributed by atoms with van der Waals surface area (Å²) in [5.74, 6) is 1.42. The van der Waals surface area contributed by atoms with Crippen LogP contribution in [0.3, 0.4) is 0 Å².